The third-order valence-electron chi connectivity index (χ3n) is 3.04. The molecule has 2 amide bonds. The molecule has 0 radical (unpaired) electrons. The molecule has 0 bridgehead atoms. The maximum atomic E-state index is 11.5. The molecule has 2 aromatic rings. The van der Waals surface area contributed by atoms with E-state index in [0.29, 0.717) is 5.56 Å². The Morgan fingerprint density at radius 1 is 1.08 bits per heavy atom. The molecule has 2 rings (SSSR count). The first-order chi connectivity index (χ1) is 11.9. The number of aryl methyl sites for hydroxylation is 1. The summed E-state index contributed by atoms with van der Waals surface area (Å²) < 4.78 is 0. The minimum Gasteiger partial charge on any atom is -0.480 e. The standard InChI is InChI=1S/C11H13N3O4.C7H8/c1-7(11(17)18)14-9(15)6-13-10(16)8-2-4-12-5-3-8;1-7-5-3-2-4-6-7/h2-5,7H,6H2,1H3,(H,13,16)(H,14,15)(H,17,18);2-6H,1H3/t7-;/m0./s1. The number of amides is 2. The molecular formula is C18H21N3O4. The van der Waals surface area contributed by atoms with Gasteiger partial charge in [0.1, 0.15) is 6.04 Å². The smallest absolute Gasteiger partial charge is 0.325 e. The van der Waals surface area contributed by atoms with Crippen LogP contribution in [0, 0.1) is 6.92 Å². The molecular weight excluding hydrogens is 322 g/mol. The summed E-state index contributed by atoms with van der Waals surface area (Å²) in [5.74, 6) is -2.12. The molecule has 0 aliphatic carbocycles. The molecule has 1 atom stereocenters. The Bertz CT molecular complexity index is 690. The third-order valence-corrected chi connectivity index (χ3v) is 3.04. The molecule has 0 fully saturated rings. The lowest BCUT2D eigenvalue weighted by Crippen LogP contribution is -2.44. The van der Waals surface area contributed by atoms with Crippen LogP contribution in [0.5, 0.6) is 0 Å². The molecule has 0 aliphatic heterocycles. The fourth-order valence-electron chi connectivity index (χ4n) is 1.65. The van der Waals surface area contributed by atoms with Gasteiger partial charge in [-0.2, -0.15) is 0 Å². The Balaban J connectivity index is 0.000000370. The van der Waals surface area contributed by atoms with Crippen molar-refractivity contribution >= 4 is 17.8 Å². The molecule has 7 heteroatoms. The molecule has 3 N–H and O–H groups in total. The molecule has 1 heterocycles. The number of carbonyl (C=O) groups excluding carboxylic acids is 2. The van der Waals surface area contributed by atoms with Gasteiger partial charge in [-0.15, -0.1) is 0 Å². The molecule has 7 nitrogen and oxygen atoms in total. The van der Waals surface area contributed by atoms with Crippen LogP contribution in [0.2, 0.25) is 0 Å². The van der Waals surface area contributed by atoms with Gasteiger partial charge in [-0.25, -0.2) is 0 Å². The first-order valence-electron chi connectivity index (χ1n) is 7.62. The average molecular weight is 343 g/mol. The summed E-state index contributed by atoms with van der Waals surface area (Å²) in [6.07, 6.45) is 2.92. The number of carbonyl (C=O) groups is 3. The number of benzene rings is 1. The number of pyridine rings is 1. The Labute approximate surface area is 146 Å². The van der Waals surface area contributed by atoms with E-state index >= 15 is 0 Å². The highest BCUT2D eigenvalue weighted by Crippen LogP contribution is 1.95. The maximum absolute atomic E-state index is 11.5. The van der Waals surface area contributed by atoms with E-state index < -0.39 is 23.8 Å². The normalized spacial score (nSPS) is 10.6. The van der Waals surface area contributed by atoms with Crippen molar-refractivity contribution in [1.82, 2.24) is 15.6 Å². The van der Waals surface area contributed by atoms with Crippen LogP contribution >= 0.6 is 0 Å². The average Bonchev–Trinajstić information content (AvgIpc) is 2.61. The lowest BCUT2D eigenvalue weighted by Gasteiger charge is -2.09. The highest BCUT2D eigenvalue weighted by molar-refractivity contribution is 5.96. The lowest BCUT2D eigenvalue weighted by molar-refractivity contribution is -0.141. The first kappa shape index (κ1) is 19.8. The van der Waals surface area contributed by atoms with Gasteiger partial charge in [-0.3, -0.25) is 19.4 Å². The third kappa shape index (κ3) is 8.26. The predicted octanol–water partition coefficient (Wildman–Crippen LogP) is 1.40. The molecule has 1 aromatic heterocycles. The van der Waals surface area contributed by atoms with Crippen LogP contribution in [0.4, 0.5) is 0 Å². The van der Waals surface area contributed by atoms with Crippen molar-refractivity contribution in [2.24, 2.45) is 0 Å². The number of aromatic nitrogens is 1. The number of hydrogen-bond donors (Lipinski definition) is 3. The van der Waals surface area contributed by atoms with Crippen LogP contribution in [0.25, 0.3) is 0 Å². The molecule has 132 valence electrons. The summed E-state index contributed by atoms with van der Waals surface area (Å²) in [6.45, 7) is 3.14. The zero-order valence-electron chi connectivity index (χ0n) is 14.1. The van der Waals surface area contributed by atoms with Gasteiger partial charge in [-0.05, 0) is 26.0 Å². The molecule has 1 aromatic carbocycles. The predicted molar refractivity (Wildman–Crippen MR) is 93.0 cm³/mol. The van der Waals surface area contributed by atoms with Crippen LogP contribution in [0.1, 0.15) is 22.8 Å². The molecule has 25 heavy (non-hydrogen) atoms. The van der Waals surface area contributed by atoms with Crippen LogP contribution in [0.15, 0.2) is 54.9 Å². The van der Waals surface area contributed by atoms with Crippen molar-refractivity contribution in [3.63, 3.8) is 0 Å². The van der Waals surface area contributed by atoms with Crippen molar-refractivity contribution in [3.8, 4) is 0 Å². The van der Waals surface area contributed by atoms with E-state index in [1.165, 1.54) is 37.0 Å². The second-order valence-electron chi connectivity index (χ2n) is 5.20. The van der Waals surface area contributed by atoms with Crippen molar-refractivity contribution in [2.45, 2.75) is 19.9 Å². The van der Waals surface area contributed by atoms with Crippen molar-refractivity contribution < 1.29 is 19.5 Å². The molecule has 0 spiro atoms. The van der Waals surface area contributed by atoms with Gasteiger partial charge < -0.3 is 15.7 Å². The summed E-state index contributed by atoms with van der Waals surface area (Å²) in [5.41, 5.74) is 1.70. The second kappa shape index (κ2) is 10.5. The highest BCUT2D eigenvalue weighted by atomic mass is 16.4. The first-order valence-corrected chi connectivity index (χ1v) is 7.62. The number of nitrogens with one attached hydrogen (secondary N) is 2. The number of carboxylic acids is 1. The van der Waals surface area contributed by atoms with Gasteiger partial charge >= 0.3 is 5.97 Å². The molecule has 0 saturated heterocycles. The Morgan fingerprint density at radius 2 is 1.68 bits per heavy atom. The van der Waals surface area contributed by atoms with Crippen molar-refractivity contribution in [1.29, 1.82) is 0 Å². The number of aliphatic carboxylic acids is 1. The summed E-state index contributed by atoms with van der Waals surface area (Å²) in [5, 5.41) is 13.2. The van der Waals surface area contributed by atoms with E-state index in [1.54, 1.807) is 0 Å². The molecule has 0 aliphatic rings. The van der Waals surface area contributed by atoms with Crippen molar-refractivity contribution in [2.75, 3.05) is 6.54 Å². The largest absolute Gasteiger partial charge is 0.480 e. The van der Waals surface area contributed by atoms with E-state index in [0.717, 1.165) is 0 Å². The quantitative estimate of drug-likeness (QED) is 0.760. The topological polar surface area (TPSA) is 108 Å². The van der Waals surface area contributed by atoms with Gasteiger partial charge in [-0.1, -0.05) is 35.9 Å². The van der Waals surface area contributed by atoms with Gasteiger partial charge in [0.2, 0.25) is 5.91 Å². The highest BCUT2D eigenvalue weighted by Gasteiger charge is 2.14. The lowest BCUT2D eigenvalue weighted by atomic mass is 10.2. The number of hydrogen-bond acceptors (Lipinski definition) is 4. The van der Waals surface area contributed by atoms with E-state index in [9.17, 15) is 14.4 Å². The minimum atomic E-state index is -1.14. The SMILES string of the molecule is C[C@H](NC(=O)CNC(=O)c1ccncc1)C(=O)O.Cc1ccccc1. The zero-order chi connectivity index (χ0) is 18.7. The minimum absolute atomic E-state index is 0.279. The molecule has 0 saturated carbocycles. The van der Waals surface area contributed by atoms with E-state index in [4.69, 9.17) is 5.11 Å². The van der Waals surface area contributed by atoms with E-state index in [1.807, 2.05) is 18.2 Å². The summed E-state index contributed by atoms with van der Waals surface area (Å²) in [6, 6.07) is 12.3. The maximum Gasteiger partial charge on any atom is 0.325 e. The monoisotopic (exact) mass is 343 g/mol. The van der Waals surface area contributed by atoms with Crippen LogP contribution in [-0.4, -0.2) is 40.5 Å². The number of rotatable bonds is 5. The Hall–Kier alpha value is -3.22. The number of nitrogens with zero attached hydrogens (tertiary/aromatic N) is 1. The van der Waals surface area contributed by atoms with Crippen LogP contribution in [-0.2, 0) is 9.59 Å². The molecule has 0 unspecified atom stereocenters. The Kier molecular flexibility index (Phi) is 8.35. The summed E-state index contributed by atoms with van der Waals surface area (Å²) >= 11 is 0. The van der Waals surface area contributed by atoms with Gasteiger partial charge in [0.25, 0.3) is 5.91 Å². The second-order valence-corrected chi connectivity index (χ2v) is 5.20. The summed E-state index contributed by atoms with van der Waals surface area (Å²) in [7, 11) is 0. The summed E-state index contributed by atoms with van der Waals surface area (Å²) in [4.78, 5) is 37.1. The zero-order valence-corrected chi connectivity index (χ0v) is 14.1. The van der Waals surface area contributed by atoms with Gasteiger partial charge in [0.05, 0.1) is 6.54 Å². The van der Waals surface area contributed by atoms with Gasteiger partial charge in [0.15, 0.2) is 0 Å². The Morgan fingerprint density at radius 3 is 2.16 bits per heavy atom. The fourth-order valence-corrected chi connectivity index (χ4v) is 1.65. The van der Waals surface area contributed by atoms with Crippen LogP contribution < -0.4 is 10.6 Å². The van der Waals surface area contributed by atoms with E-state index in [-0.39, 0.29) is 6.54 Å². The number of carboxylic acid groups (broad SMARTS) is 1. The van der Waals surface area contributed by atoms with Crippen LogP contribution in [0.3, 0.4) is 0 Å². The van der Waals surface area contributed by atoms with E-state index in [2.05, 4.69) is 34.7 Å². The van der Waals surface area contributed by atoms with Crippen molar-refractivity contribution in [3.05, 3.63) is 66.0 Å². The fraction of sp³-hybridized carbons (Fsp3) is 0.222. The van der Waals surface area contributed by atoms with Gasteiger partial charge in [0, 0.05) is 18.0 Å².